The Morgan fingerprint density at radius 3 is 2.50 bits per heavy atom. The summed E-state index contributed by atoms with van der Waals surface area (Å²) in [6.45, 7) is -0.233. The Morgan fingerprint density at radius 2 is 1.71 bits per heavy atom. The SMILES string of the molecule is O=C(COc1ccccc1Cc1ccccc1)NNC(=O)c1ccnc(Cl)c1. The molecule has 0 aliphatic heterocycles. The van der Waals surface area contributed by atoms with Crippen molar-refractivity contribution in [1.82, 2.24) is 15.8 Å². The van der Waals surface area contributed by atoms with E-state index in [1.807, 2.05) is 54.6 Å². The van der Waals surface area contributed by atoms with Crippen LogP contribution in [-0.4, -0.2) is 23.4 Å². The Hall–Kier alpha value is -3.38. The highest BCUT2D eigenvalue weighted by molar-refractivity contribution is 6.29. The van der Waals surface area contributed by atoms with E-state index in [1.54, 1.807) is 0 Å². The molecule has 6 nitrogen and oxygen atoms in total. The third kappa shape index (κ3) is 5.56. The zero-order valence-electron chi connectivity index (χ0n) is 14.9. The van der Waals surface area contributed by atoms with Crippen LogP contribution in [-0.2, 0) is 11.2 Å². The molecule has 0 spiro atoms. The van der Waals surface area contributed by atoms with Crippen molar-refractivity contribution >= 4 is 23.4 Å². The fraction of sp³-hybridized carbons (Fsp3) is 0.0952. The lowest BCUT2D eigenvalue weighted by atomic mass is 10.0. The topological polar surface area (TPSA) is 80.3 Å². The molecule has 0 aliphatic rings. The van der Waals surface area contributed by atoms with Crippen LogP contribution in [0.4, 0.5) is 0 Å². The van der Waals surface area contributed by atoms with Crippen molar-refractivity contribution in [2.75, 3.05) is 6.61 Å². The van der Waals surface area contributed by atoms with Gasteiger partial charge in [0, 0.05) is 18.2 Å². The molecule has 0 aliphatic carbocycles. The number of carbonyl (C=O) groups excluding carboxylic acids is 2. The number of aromatic nitrogens is 1. The fourth-order valence-electron chi connectivity index (χ4n) is 2.53. The number of ether oxygens (including phenoxy) is 1. The molecule has 3 rings (SSSR count). The van der Waals surface area contributed by atoms with E-state index in [9.17, 15) is 9.59 Å². The van der Waals surface area contributed by atoms with E-state index in [2.05, 4.69) is 15.8 Å². The van der Waals surface area contributed by atoms with E-state index >= 15 is 0 Å². The molecule has 2 amide bonds. The summed E-state index contributed by atoms with van der Waals surface area (Å²) in [5.74, 6) is -0.362. The van der Waals surface area contributed by atoms with E-state index in [0.29, 0.717) is 12.2 Å². The predicted octanol–water partition coefficient (Wildman–Crippen LogP) is 3.17. The first kappa shape index (κ1) is 19.4. The third-order valence-corrected chi connectivity index (χ3v) is 4.08. The summed E-state index contributed by atoms with van der Waals surface area (Å²) in [5.41, 5.74) is 7.03. The fourth-order valence-corrected chi connectivity index (χ4v) is 2.70. The normalized spacial score (nSPS) is 10.2. The number of halogens is 1. The lowest BCUT2D eigenvalue weighted by Crippen LogP contribution is -2.43. The second-order valence-corrected chi connectivity index (χ2v) is 6.32. The maximum atomic E-state index is 12.0. The Kier molecular flexibility index (Phi) is 6.59. The van der Waals surface area contributed by atoms with Crippen LogP contribution >= 0.6 is 11.6 Å². The summed E-state index contributed by atoms with van der Waals surface area (Å²) < 4.78 is 5.63. The smallest absolute Gasteiger partial charge is 0.276 e. The van der Waals surface area contributed by atoms with Crippen LogP contribution in [0, 0.1) is 0 Å². The quantitative estimate of drug-likeness (QED) is 0.496. The minimum Gasteiger partial charge on any atom is -0.483 e. The van der Waals surface area contributed by atoms with E-state index < -0.39 is 11.8 Å². The first-order chi connectivity index (χ1) is 13.6. The maximum absolute atomic E-state index is 12.0. The first-order valence-electron chi connectivity index (χ1n) is 8.57. The standard InChI is InChI=1S/C21H18ClN3O3/c22-19-13-17(10-11-23-19)21(27)25-24-20(26)14-28-18-9-5-4-8-16(18)12-15-6-2-1-3-7-15/h1-11,13H,12,14H2,(H,24,26)(H,25,27). The highest BCUT2D eigenvalue weighted by Gasteiger charge is 2.10. The van der Waals surface area contributed by atoms with Crippen LogP contribution in [0.25, 0.3) is 0 Å². The number of amides is 2. The number of nitrogens with one attached hydrogen (secondary N) is 2. The Bertz CT molecular complexity index is 964. The number of nitrogens with zero attached hydrogens (tertiary/aromatic N) is 1. The van der Waals surface area contributed by atoms with Gasteiger partial charge in [-0.3, -0.25) is 20.4 Å². The van der Waals surface area contributed by atoms with Crippen LogP contribution in [0.15, 0.2) is 72.9 Å². The van der Waals surface area contributed by atoms with Gasteiger partial charge in [-0.2, -0.15) is 0 Å². The van der Waals surface area contributed by atoms with Crippen LogP contribution in [0.1, 0.15) is 21.5 Å². The van der Waals surface area contributed by atoms with Gasteiger partial charge in [-0.05, 0) is 29.3 Å². The number of pyridine rings is 1. The van der Waals surface area contributed by atoms with Gasteiger partial charge in [0.2, 0.25) is 0 Å². The molecule has 0 unspecified atom stereocenters. The van der Waals surface area contributed by atoms with Gasteiger partial charge in [0.25, 0.3) is 11.8 Å². The molecule has 2 N–H and O–H groups in total. The zero-order valence-corrected chi connectivity index (χ0v) is 15.6. The zero-order chi connectivity index (χ0) is 19.8. The molecule has 1 aromatic heterocycles. The van der Waals surface area contributed by atoms with E-state index in [4.69, 9.17) is 16.3 Å². The molecule has 0 saturated carbocycles. The number of hydrazine groups is 1. The van der Waals surface area contributed by atoms with Gasteiger partial charge in [-0.1, -0.05) is 60.1 Å². The number of carbonyl (C=O) groups is 2. The molecule has 142 valence electrons. The van der Waals surface area contributed by atoms with Crippen molar-refractivity contribution in [2.24, 2.45) is 0 Å². The van der Waals surface area contributed by atoms with Gasteiger partial charge < -0.3 is 4.74 Å². The molecule has 0 saturated heterocycles. The molecule has 0 bridgehead atoms. The van der Waals surface area contributed by atoms with Crippen LogP contribution in [0.2, 0.25) is 5.15 Å². The molecular weight excluding hydrogens is 378 g/mol. The minimum absolute atomic E-state index is 0.192. The molecule has 0 fully saturated rings. The largest absolute Gasteiger partial charge is 0.483 e. The van der Waals surface area contributed by atoms with Crippen molar-refractivity contribution in [3.63, 3.8) is 0 Å². The molecule has 7 heteroatoms. The van der Waals surface area contributed by atoms with Crippen LogP contribution < -0.4 is 15.6 Å². The van der Waals surface area contributed by atoms with Crippen molar-refractivity contribution < 1.29 is 14.3 Å². The molecular formula is C21H18ClN3O3. The van der Waals surface area contributed by atoms with E-state index in [0.717, 1.165) is 11.1 Å². The van der Waals surface area contributed by atoms with Gasteiger partial charge >= 0.3 is 0 Å². The van der Waals surface area contributed by atoms with E-state index in [1.165, 1.54) is 18.3 Å². The van der Waals surface area contributed by atoms with E-state index in [-0.39, 0.29) is 17.3 Å². The van der Waals surface area contributed by atoms with Crippen molar-refractivity contribution in [3.8, 4) is 5.75 Å². The Balaban J connectivity index is 1.53. The van der Waals surface area contributed by atoms with Gasteiger partial charge in [-0.15, -0.1) is 0 Å². The molecule has 2 aromatic carbocycles. The molecule has 0 atom stereocenters. The number of hydrogen-bond acceptors (Lipinski definition) is 4. The van der Waals surface area contributed by atoms with Gasteiger partial charge in [-0.25, -0.2) is 4.98 Å². The Labute approximate surface area is 167 Å². The van der Waals surface area contributed by atoms with Crippen LogP contribution in [0.5, 0.6) is 5.75 Å². The minimum atomic E-state index is -0.498. The number of benzene rings is 2. The summed E-state index contributed by atoms with van der Waals surface area (Å²) >= 11 is 5.74. The number of para-hydroxylation sites is 1. The maximum Gasteiger partial charge on any atom is 0.276 e. The first-order valence-corrected chi connectivity index (χ1v) is 8.95. The lowest BCUT2D eigenvalue weighted by Gasteiger charge is -2.12. The Morgan fingerprint density at radius 1 is 0.964 bits per heavy atom. The summed E-state index contributed by atoms with van der Waals surface area (Å²) in [6, 6.07) is 20.4. The monoisotopic (exact) mass is 395 g/mol. The molecule has 3 aromatic rings. The highest BCUT2D eigenvalue weighted by Crippen LogP contribution is 2.21. The number of rotatable bonds is 6. The number of hydrogen-bond donors (Lipinski definition) is 2. The summed E-state index contributed by atoms with van der Waals surface area (Å²) in [5, 5.41) is 0.192. The summed E-state index contributed by atoms with van der Waals surface area (Å²) in [4.78, 5) is 27.8. The lowest BCUT2D eigenvalue weighted by molar-refractivity contribution is -0.123. The van der Waals surface area contributed by atoms with Crippen LogP contribution in [0.3, 0.4) is 0 Å². The average Bonchev–Trinajstić information content (AvgIpc) is 2.72. The van der Waals surface area contributed by atoms with Gasteiger partial charge in [0.05, 0.1) is 0 Å². The molecule has 28 heavy (non-hydrogen) atoms. The predicted molar refractivity (Wildman–Crippen MR) is 106 cm³/mol. The second kappa shape index (κ2) is 9.53. The van der Waals surface area contributed by atoms with Gasteiger partial charge in [0.1, 0.15) is 10.9 Å². The second-order valence-electron chi connectivity index (χ2n) is 5.93. The summed E-state index contributed by atoms with van der Waals surface area (Å²) in [6.07, 6.45) is 2.10. The van der Waals surface area contributed by atoms with Crippen molar-refractivity contribution in [2.45, 2.75) is 6.42 Å². The van der Waals surface area contributed by atoms with Crippen molar-refractivity contribution in [1.29, 1.82) is 0 Å². The summed E-state index contributed by atoms with van der Waals surface area (Å²) in [7, 11) is 0. The van der Waals surface area contributed by atoms with Gasteiger partial charge in [0.15, 0.2) is 6.61 Å². The third-order valence-electron chi connectivity index (χ3n) is 3.87. The van der Waals surface area contributed by atoms with Crippen molar-refractivity contribution in [3.05, 3.63) is 94.8 Å². The highest BCUT2D eigenvalue weighted by atomic mass is 35.5. The average molecular weight is 396 g/mol. The molecule has 0 radical (unpaired) electrons. The molecule has 1 heterocycles.